The second-order valence-corrected chi connectivity index (χ2v) is 6.36. The Bertz CT molecular complexity index is 851. The second-order valence-electron chi connectivity index (χ2n) is 6.36. The summed E-state index contributed by atoms with van der Waals surface area (Å²) in [6.07, 6.45) is 3.26. The van der Waals surface area contributed by atoms with Crippen LogP contribution in [-0.4, -0.2) is 53.4 Å². The maximum Gasteiger partial charge on any atom is 0.306 e. The molecule has 1 aromatic carbocycles. The third kappa shape index (κ3) is 4.53. The molecule has 2 heterocycles. The molecule has 0 spiro atoms. The largest absolute Gasteiger partial charge is 0.365 e. The van der Waals surface area contributed by atoms with Crippen LogP contribution in [0.1, 0.15) is 6.42 Å². The van der Waals surface area contributed by atoms with E-state index in [2.05, 4.69) is 20.7 Å². The summed E-state index contributed by atoms with van der Waals surface area (Å²) < 4.78 is 29.4. The smallest absolute Gasteiger partial charge is 0.306 e. The number of hydrogen-bond acceptors (Lipinski definition) is 5. The Morgan fingerprint density at radius 2 is 2.18 bits per heavy atom. The van der Waals surface area contributed by atoms with Crippen LogP contribution in [0.4, 0.5) is 20.2 Å². The highest BCUT2D eigenvalue weighted by Gasteiger charge is 2.27. The molecule has 0 radical (unpaired) electrons. The van der Waals surface area contributed by atoms with Crippen molar-refractivity contribution < 1.29 is 13.7 Å². The van der Waals surface area contributed by atoms with Crippen molar-refractivity contribution in [2.24, 2.45) is 4.99 Å². The lowest BCUT2D eigenvalue weighted by Crippen LogP contribution is -2.45. The van der Waals surface area contributed by atoms with Crippen molar-refractivity contribution in [3.05, 3.63) is 52.3 Å². The molecule has 1 aromatic heterocycles. The number of nitrogens with zero attached hydrogens (tertiary/aromatic N) is 5. The van der Waals surface area contributed by atoms with Gasteiger partial charge in [0.2, 0.25) is 0 Å². The average Bonchev–Trinajstić information content (AvgIpc) is 3.31. The van der Waals surface area contributed by atoms with Crippen molar-refractivity contribution in [3.63, 3.8) is 0 Å². The van der Waals surface area contributed by atoms with Crippen LogP contribution in [-0.2, 0) is 6.54 Å². The molecule has 0 amide bonds. The molecule has 0 bridgehead atoms. The van der Waals surface area contributed by atoms with Gasteiger partial charge in [-0.15, -0.1) is 0 Å². The van der Waals surface area contributed by atoms with Gasteiger partial charge in [0.15, 0.2) is 5.96 Å². The molecular weight excluding hydrogens is 372 g/mol. The molecule has 28 heavy (non-hydrogen) atoms. The molecule has 2 aromatic rings. The number of para-hydroxylation sites is 1. The molecule has 9 nitrogen and oxygen atoms in total. The lowest BCUT2D eigenvalue weighted by Gasteiger charge is -2.21. The van der Waals surface area contributed by atoms with Crippen LogP contribution in [0, 0.1) is 21.7 Å². The zero-order chi connectivity index (χ0) is 20.1. The van der Waals surface area contributed by atoms with Crippen molar-refractivity contribution in [1.82, 2.24) is 20.4 Å². The lowest BCUT2D eigenvalue weighted by atomic mass is 10.2. The van der Waals surface area contributed by atoms with Gasteiger partial charge >= 0.3 is 5.69 Å². The Morgan fingerprint density at radius 1 is 1.43 bits per heavy atom. The summed E-state index contributed by atoms with van der Waals surface area (Å²) >= 11 is 0. The first-order valence-corrected chi connectivity index (χ1v) is 8.81. The van der Waals surface area contributed by atoms with Crippen molar-refractivity contribution in [2.45, 2.75) is 19.0 Å². The van der Waals surface area contributed by atoms with Crippen LogP contribution in [0.15, 0.2) is 35.6 Å². The molecular formula is C17H21F2N7O2. The summed E-state index contributed by atoms with van der Waals surface area (Å²) in [4.78, 5) is 16.0. The fourth-order valence-corrected chi connectivity index (χ4v) is 3.12. The molecule has 1 unspecified atom stereocenters. The summed E-state index contributed by atoms with van der Waals surface area (Å²) in [5, 5.41) is 20.9. The first kappa shape index (κ1) is 19.5. The zero-order valence-corrected chi connectivity index (χ0v) is 15.3. The van der Waals surface area contributed by atoms with Crippen LogP contribution in [0.2, 0.25) is 0 Å². The summed E-state index contributed by atoms with van der Waals surface area (Å²) in [7, 11) is 1.62. The molecule has 1 saturated heterocycles. The maximum atomic E-state index is 13.9. The monoisotopic (exact) mass is 393 g/mol. The Balaban J connectivity index is 1.49. The summed E-state index contributed by atoms with van der Waals surface area (Å²) in [5.74, 6) is -0.601. The molecule has 2 N–H and O–H groups in total. The summed E-state index contributed by atoms with van der Waals surface area (Å²) in [5.41, 5.74) is -0.0658. The van der Waals surface area contributed by atoms with E-state index in [-0.39, 0.29) is 17.4 Å². The second kappa shape index (κ2) is 8.63. The Hall–Kier alpha value is -3.24. The highest BCUT2D eigenvalue weighted by atomic mass is 19.1. The van der Waals surface area contributed by atoms with Gasteiger partial charge < -0.3 is 15.5 Å². The Morgan fingerprint density at radius 3 is 2.82 bits per heavy atom. The number of anilines is 1. The van der Waals surface area contributed by atoms with Gasteiger partial charge in [-0.2, -0.15) is 5.10 Å². The number of hydrogen-bond donors (Lipinski definition) is 2. The van der Waals surface area contributed by atoms with E-state index >= 15 is 0 Å². The number of benzene rings is 1. The summed E-state index contributed by atoms with van der Waals surface area (Å²) in [6, 6.07) is 3.83. The standard InChI is InChI=1S/C17H21F2N7O2/c1-20-17(21-6-8-25-11-13(9-22-25)26(27)28)23-12-5-7-24(10-12)16-14(18)3-2-4-15(16)19/h2-4,9,11-12H,5-8,10H2,1H3,(H2,20,21,23). The van der Waals surface area contributed by atoms with Gasteiger partial charge in [-0.1, -0.05) is 6.07 Å². The van der Waals surface area contributed by atoms with Gasteiger partial charge in [-0.3, -0.25) is 19.8 Å². The van der Waals surface area contributed by atoms with Crippen molar-refractivity contribution in [2.75, 3.05) is 31.6 Å². The first-order chi connectivity index (χ1) is 13.5. The maximum absolute atomic E-state index is 13.9. The minimum Gasteiger partial charge on any atom is -0.365 e. The molecule has 3 rings (SSSR count). The fraction of sp³-hybridized carbons (Fsp3) is 0.412. The van der Waals surface area contributed by atoms with E-state index in [1.54, 1.807) is 11.9 Å². The molecule has 0 aliphatic carbocycles. The van der Waals surface area contributed by atoms with E-state index in [0.717, 1.165) is 0 Å². The van der Waals surface area contributed by atoms with Gasteiger partial charge in [0.25, 0.3) is 0 Å². The molecule has 1 fully saturated rings. The van der Waals surface area contributed by atoms with Crippen molar-refractivity contribution in [3.8, 4) is 0 Å². The van der Waals surface area contributed by atoms with Gasteiger partial charge in [-0.05, 0) is 18.6 Å². The van der Waals surface area contributed by atoms with Crippen LogP contribution in [0.25, 0.3) is 0 Å². The normalized spacial score (nSPS) is 17.0. The van der Waals surface area contributed by atoms with Crippen LogP contribution < -0.4 is 15.5 Å². The molecule has 150 valence electrons. The minimum atomic E-state index is -0.573. The van der Waals surface area contributed by atoms with Gasteiger partial charge in [0.1, 0.15) is 29.7 Å². The van der Waals surface area contributed by atoms with E-state index in [1.165, 1.54) is 35.3 Å². The fourth-order valence-electron chi connectivity index (χ4n) is 3.12. The molecule has 11 heteroatoms. The van der Waals surface area contributed by atoms with Crippen molar-refractivity contribution >= 4 is 17.3 Å². The number of halogens is 2. The van der Waals surface area contributed by atoms with E-state index in [9.17, 15) is 18.9 Å². The third-order valence-corrected chi connectivity index (χ3v) is 4.47. The Kier molecular flexibility index (Phi) is 6.02. The predicted molar refractivity (Wildman–Crippen MR) is 100 cm³/mol. The van der Waals surface area contributed by atoms with E-state index in [0.29, 0.717) is 38.6 Å². The van der Waals surface area contributed by atoms with Crippen LogP contribution in [0.3, 0.4) is 0 Å². The number of guanidine groups is 1. The predicted octanol–water partition coefficient (Wildman–Crippen LogP) is 1.51. The van der Waals surface area contributed by atoms with Crippen molar-refractivity contribution in [1.29, 1.82) is 0 Å². The van der Waals surface area contributed by atoms with E-state index < -0.39 is 16.6 Å². The van der Waals surface area contributed by atoms with Crippen LogP contribution >= 0.6 is 0 Å². The lowest BCUT2D eigenvalue weighted by molar-refractivity contribution is -0.385. The number of rotatable bonds is 6. The number of nitrogens with one attached hydrogen (secondary N) is 2. The van der Waals surface area contributed by atoms with Gasteiger partial charge in [-0.25, -0.2) is 8.78 Å². The highest BCUT2D eigenvalue weighted by molar-refractivity contribution is 5.80. The van der Waals surface area contributed by atoms with E-state index in [1.807, 2.05) is 0 Å². The minimum absolute atomic E-state index is 0.00461. The quantitative estimate of drug-likeness (QED) is 0.334. The SMILES string of the molecule is CN=C(NCCn1cc([N+](=O)[O-])cn1)NC1CCN(c2c(F)cccc2F)C1. The van der Waals surface area contributed by atoms with Gasteiger partial charge in [0, 0.05) is 32.7 Å². The topological polar surface area (TPSA) is 101 Å². The molecule has 1 aliphatic heterocycles. The first-order valence-electron chi connectivity index (χ1n) is 8.81. The number of nitro groups is 1. The molecule has 1 aliphatic rings. The average molecular weight is 393 g/mol. The van der Waals surface area contributed by atoms with Crippen LogP contribution in [0.5, 0.6) is 0 Å². The molecule has 1 atom stereocenters. The number of aliphatic imine (C=N–C) groups is 1. The highest BCUT2D eigenvalue weighted by Crippen LogP contribution is 2.26. The Labute approximate surface area is 160 Å². The number of aromatic nitrogens is 2. The third-order valence-electron chi connectivity index (χ3n) is 4.47. The van der Waals surface area contributed by atoms with E-state index in [4.69, 9.17) is 0 Å². The zero-order valence-electron chi connectivity index (χ0n) is 15.3. The summed E-state index contributed by atoms with van der Waals surface area (Å²) in [6.45, 7) is 1.86. The van der Waals surface area contributed by atoms with Gasteiger partial charge in [0.05, 0.1) is 11.5 Å². The molecule has 0 saturated carbocycles.